The molecule has 0 aliphatic heterocycles. The van der Waals surface area contributed by atoms with Crippen molar-refractivity contribution in [1.82, 2.24) is 4.98 Å². The number of para-hydroxylation sites is 1. The molecule has 2 rings (SSSR count). The van der Waals surface area contributed by atoms with Crippen LogP contribution in [0.1, 0.15) is 15.9 Å². The number of rotatable bonds is 4. The molecule has 0 unspecified atom stereocenters. The third-order valence-electron chi connectivity index (χ3n) is 2.87. The maximum absolute atomic E-state index is 12.3. The Balaban J connectivity index is 2.38. The normalized spacial score (nSPS) is 10.0. The van der Waals surface area contributed by atoms with Crippen molar-refractivity contribution in [3.8, 4) is 0 Å². The van der Waals surface area contributed by atoms with Crippen LogP contribution in [0, 0.1) is 17.0 Å². The van der Waals surface area contributed by atoms with Gasteiger partial charge in [0.05, 0.1) is 10.5 Å². The fraction of sp³-hybridized carbons (Fsp3) is 0.0769. The molecule has 108 valence electrons. The Kier molecular flexibility index (Phi) is 4.10. The third kappa shape index (κ3) is 2.95. The average Bonchev–Trinajstić information content (AvgIpc) is 2.48. The lowest BCUT2D eigenvalue weighted by molar-refractivity contribution is -0.384. The van der Waals surface area contributed by atoms with E-state index in [1.807, 2.05) is 0 Å². The van der Waals surface area contributed by atoms with Crippen LogP contribution in [0.2, 0.25) is 0 Å². The largest absolute Gasteiger partial charge is 0.318 e. The second-order valence-electron chi connectivity index (χ2n) is 4.22. The van der Waals surface area contributed by atoms with Crippen LogP contribution in [0.4, 0.5) is 17.2 Å². The molecule has 8 nitrogen and oxygen atoms in total. The molecule has 0 bridgehead atoms. The predicted molar refractivity (Wildman–Crippen MR) is 77.8 cm³/mol. The number of nitrogen functional groups attached to an aromatic ring is 1. The van der Waals surface area contributed by atoms with Crippen molar-refractivity contribution in [2.45, 2.75) is 6.92 Å². The van der Waals surface area contributed by atoms with E-state index >= 15 is 0 Å². The minimum Gasteiger partial charge on any atom is -0.318 e. The first kappa shape index (κ1) is 14.4. The van der Waals surface area contributed by atoms with Crippen LogP contribution >= 0.6 is 0 Å². The Morgan fingerprint density at radius 2 is 2.10 bits per heavy atom. The number of pyridine rings is 1. The zero-order valence-corrected chi connectivity index (χ0v) is 11.2. The summed E-state index contributed by atoms with van der Waals surface area (Å²) in [5.74, 6) is 5.15. The van der Waals surface area contributed by atoms with Gasteiger partial charge in [-0.05, 0) is 24.6 Å². The van der Waals surface area contributed by atoms with Crippen LogP contribution in [0.5, 0.6) is 0 Å². The maximum atomic E-state index is 12.3. The quantitative estimate of drug-likeness (QED) is 0.448. The van der Waals surface area contributed by atoms with Crippen LogP contribution in [0.25, 0.3) is 0 Å². The molecule has 0 spiro atoms. The number of nitrogens with one attached hydrogen (secondary N) is 2. The number of carbonyl (C=O) groups is 1. The summed E-state index contributed by atoms with van der Waals surface area (Å²) in [5.41, 5.74) is 2.72. The van der Waals surface area contributed by atoms with Crippen molar-refractivity contribution in [2.24, 2.45) is 5.84 Å². The van der Waals surface area contributed by atoms with E-state index in [1.54, 1.807) is 19.1 Å². The Labute approximate surface area is 120 Å². The van der Waals surface area contributed by atoms with E-state index in [1.165, 1.54) is 24.4 Å². The van der Waals surface area contributed by atoms with Gasteiger partial charge in [0, 0.05) is 12.3 Å². The van der Waals surface area contributed by atoms with Gasteiger partial charge in [-0.3, -0.25) is 20.8 Å². The van der Waals surface area contributed by atoms with Gasteiger partial charge in [0.15, 0.2) is 0 Å². The highest BCUT2D eigenvalue weighted by molar-refractivity contribution is 6.09. The van der Waals surface area contributed by atoms with Crippen molar-refractivity contribution >= 4 is 23.1 Å². The Morgan fingerprint density at radius 3 is 2.71 bits per heavy atom. The lowest BCUT2D eigenvalue weighted by atomic mass is 10.1. The summed E-state index contributed by atoms with van der Waals surface area (Å²) < 4.78 is 0. The lowest BCUT2D eigenvalue weighted by Crippen LogP contribution is -2.19. The highest BCUT2D eigenvalue weighted by Crippen LogP contribution is 2.28. The zero-order valence-electron chi connectivity index (χ0n) is 11.2. The van der Waals surface area contributed by atoms with Gasteiger partial charge in [-0.1, -0.05) is 12.1 Å². The van der Waals surface area contributed by atoms with Gasteiger partial charge in [0.25, 0.3) is 11.6 Å². The molecule has 0 saturated carbocycles. The summed E-state index contributed by atoms with van der Waals surface area (Å²) in [6.45, 7) is 1.79. The van der Waals surface area contributed by atoms with Gasteiger partial charge in [0.2, 0.25) is 0 Å². The maximum Gasteiger partial charge on any atom is 0.294 e. The summed E-state index contributed by atoms with van der Waals surface area (Å²) in [4.78, 5) is 26.6. The van der Waals surface area contributed by atoms with Gasteiger partial charge in [-0.15, -0.1) is 0 Å². The highest BCUT2D eigenvalue weighted by atomic mass is 16.6. The number of hydrazine groups is 1. The van der Waals surface area contributed by atoms with E-state index in [0.717, 1.165) is 5.56 Å². The molecule has 1 aromatic heterocycles. The van der Waals surface area contributed by atoms with Crippen LogP contribution in [-0.4, -0.2) is 15.8 Å². The van der Waals surface area contributed by atoms with Gasteiger partial charge in [0.1, 0.15) is 11.5 Å². The summed E-state index contributed by atoms with van der Waals surface area (Å²) >= 11 is 0. The first-order valence-electron chi connectivity index (χ1n) is 6.01. The number of carbonyl (C=O) groups excluding carboxylic acids is 1. The Morgan fingerprint density at radius 1 is 1.33 bits per heavy atom. The Bertz CT molecular complexity index is 702. The minimum atomic E-state index is -0.613. The van der Waals surface area contributed by atoms with E-state index in [0.29, 0.717) is 5.82 Å². The molecule has 0 fully saturated rings. The molecule has 0 saturated heterocycles. The number of benzene rings is 1. The number of amides is 1. The van der Waals surface area contributed by atoms with E-state index in [9.17, 15) is 14.9 Å². The minimum absolute atomic E-state index is 0.0476. The molecular formula is C13H13N5O3. The van der Waals surface area contributed by atoms with Crippen LogP contribution < -0.4 is 16.6 Å². The third-order valence-corrected chi connectivity index (χ3v) is 2.87. The van der Waals surface area contributed by atoms with Crippen molar-refractivity contribution < 1.29 is 9.72 Å². The molecule has 0 aliphatic carbocycles. The summed E-state index contributed by atoms with van der Waals surface area (Å²) in [5, 5.41) is 13.5. The highest BCUT2D eigenvalue weighted by Gasteiger charge is 2.21. The van der Waals surface area contributed by atoms with E-state index in [4.69, 9.17) is 5.84 Å². The summed E-state index contributed by atoms with van der Waals surface area (Å²) in [7, 11) is 0. The van der Waals surface area contributed by atoms with Crippen LogP contribution in [0.3, 0.4) is 0 Å². The van der Waals surface area contributed by atoms with Gasteiger partial charge < -0.3 is 10.7 Å². The van der Waals surface area contributed by atoms with Crippen molar-refractivity contribution in [1.29, 1.82) is 0 Å². The molecule has 0 atom stereocenters. The van der Waals surface area contributed by atoms with Crippen molar-refractivity contribution in [3.05, 3.63) is 57.8 Å². The van der Waals surface area contributed by atoms with Crippen molar-refractivity contribution in [2.75, 3.05) is 10.7 Å². The molecule has 8 heteroatoms. The number of hydrogen-bond donors (Lipinski definition) is 3. The zero-order chi connectivity index (χ0) is 15.4. The topological polar surface area (TPSA) is 123 Å². The van der Waals surface area contributed by atoms with Crippen molar-refractivity contribution in [3.63, 3.8) is 0 Å². The fourth-order valence-electron chi connectivity index (χ4n) is 1.82. The van der Waals surface area contributed by atoms with Gasteiger partial charge in [-0.2, -0.15) is 0 Å². The van der Waals surface area contributed by atoms with E-state index in [-0.39, 0.29) is 16.9 Å². The molecule has 21 heavy (non-hydrogen) atoms. The predicted octanol–water partition coefficient (Wildman–Crippen LogP) is 1.84. The summed E-state index contributed by atoms with van der Waals surface area (Å²) in [6, 6.07) is 7.65. The first-order chi connectivity index (χ1) is 10.0. The molecule has 4 N–H and O–H groups in total. The molecule has 0 radical (unpaired) electrons. The number of nitro groups is 1. The number of nitrogens with zero attached hydrogens (tertiary/aromatic N) is 2. The molecule has 0 aliphatic rings. The summed E-state index contributed by atoms with van der Waals surface area (Å²) in [6.07, 6.45) is 1.54. The second kappa shape index (κ2) is 5.97. The monoisotopic (exact) mass is 287 g/mol. The van der Waals surface area contributed by atoms with Crippen LogP contribution in [0.15, 0.2) is 36.5 Å². The average molecular weight is 287 g/mol. The number of anilines is 2. The number of aromatic nitrogens is 1. The fourth-order valence-corrected chi connectivity index (χ4v) is 1.82. The molecule has 1 amide bonds. The number of nitro benzene ring substituents is 1. The molecular weight excluding hydrogens is 274 g/mol. The molecule has 1 aromatic carbocycles. The standard InChI is InChI=1S/C13H13N5O3/c1-8-4-3-7-15-12(8)16-13(19)9-5-2-6-10(18(20)21)11(9)17-14/h2-7,17H,14H2,1H3,(H,15,16,19). The first-order valence-corrected chi connectivity index (χ1v) is 6.01. The molecule has 1 heterocycles. The molecule has 2 aromatic rings. The van der Waals surface area contributed by atoms with Crippen LogP contribution in [-0.2, 0) is 0 Å². The van der Waals surface area contributed by atoms with E-state index < -0.39 is 10.8 Å². The van der Waals surface area contributed by atoms with Gasteiger partial charge >= 0.3 is 0 Å². The SMILES string of the molecule is Cc1cccnc1NC(=O)c1cccc([N+](=O)[O-])c1NN. The van der Waals surface area contributed by atoms with E-state index in [2.05, 4.69) is 15.7 Å². The lowest BCUT2D eigenvalue weighted by Gasteiger charge is -2.10. The van der Waals surface area contributed by atoms with Gasteiger partial charge in [-0.25, -0.2) is 4.98 Å². The number of aryl methyl sites for hydroxylation is 1. The Hall–Kier alpha value is -3.00. The number of hydrogen-bond acceptors (Lipinski definition) is 6. The second-order valence-corrected chi connectivity index (χ2v) is 4.22. The number of nitrogens with two attached hydrogens (primary N) is 1. The smallest absolute Gasteiger partial charge is 0.294 e.